The van der Waals surface area contributed by atoms with Gasteiger partial charge in [0.15, 0.2) is 0 Å². The average Bonchev–Trinajstić information content (AvgIpc) is 3.06. The van der Waals surface area contributed by atoms with Crippen LogP contribution in [0.1, 0.15) is 41.8 Å². The first-order valence-electron chi connectivity index (χ1n) is 9.14. The van der Waals surface area contributed by atoms with Gasteiger partial charge in [-0.2, -0.15) is 13.2 Å². The highest BCUT2D eigenvalue weighted by atomic mass is 19.4. The highest BCUT2D eigenvalue weighted by molar-refractivity contribution is 5.39. The minimum Gasteiger partial charge on any atom is -0.282 e. The van der Waals surface area contributed by atoms with E-state index >= 15 is 0 Å². The van der Waals surface area contributed by atoms with Gasteiger partial charge in [-0.25, -0.2) is 0 Å². The van der Waals surface area contributed by atoms with Crippen molar-refractivity contribution in [3.8, 4) is 0 Å². The second-order valence-electron chi connectivity index (χ2n) is 7.32. The summed E-state index contributed by atoms with van der Waals surface area (Å²) in [6.45, 7) is 3.19. The molecule has 1 aliphatic heterocycles. The van der Waals surface area contributed by atoms with Crippen LogP contribution in [0.5, 0.6) is 0 Å². The molecular weight excluding hydrogens is 349 g/mol. The largest absolute Gasteiger partial charge is 0.417 e. The lowest BCUT2D eigenvalue weighted by molar-refractivity contribution is -0.137. The molecule has 0 bridgehead atoms. The molecule has 0 saturated heterocycles. The van der Waals surface area contributed by atoms with E-state index in [0.717, 1.165) is 23.9 Å². The van der Waals surface area contributed by atoms with Gasteiger partial charge in [0.05, 0.1) is 17.3 Å². The van der Waals surface area contributed by atoms with Gasteiger partial charge in [-0.15, -0.1) is 0 Å². The van der Waals surface area contributed by atoms with Crippen LogP contribution >= 0.6 is 0 Å². The summed E-state index contributed by atoms with van der Waals surface area (Å²) in [4.78, 5) is 6.32. The van der Waals surface area contributed by atoms with E-state index in [1.54, 1.807) is 0 Å². The fourth-order valence-electron chi connectivity index (χ4n) is 3.82. The van der Waals surface area contributed by atoms with Crippen molar-refractivity contribution in [3.63, 3.8) is 0 Å². The molecule has 2 aliphatic rings. The highest BCUT2D eigenvalue weighted by Gasteiger charge is 2.35. The molecule has 1 aromatic heterocycles. The van der Waals surface area contributed by atoms with Crippen molar-refractivity contribution in [1.82, 2.24) is 9.88 Å². The molecule has 2 atom stereocenters. The molecule has 0 fully saturated rings. The minimum atomic E-state index is -4.36. The van der Waals surface area contributed by atoms with Gasteiger partial charge < -0.3 is 0 Å². The number of nitrogens with zero attached hydrogens (tertiary/aromatic N) is 2. The lowest BCUT2D eigenvalue weighted by atomic mass is 9.90. The van der Waals surface area contributed by atoms with Crippen molar-refractivity contribution in [2.24, 2.45) is 5.92 Å². The Morgan fingerprint density at radius 2 is 1.93 bits per heavy atom. The number of aromatic nitrogens is 1. The molecule has 2 aromatic rings. The summed E-state index contributed by atoms with van der Waals surface area (Å²) < 4.78 is 39.1. The Morgan fingerprint density at radius 3 is 2.59 bits per heavy atom. The number of rotatable bonds is 3. The van der Waals surface area contributed by atoms with Gasteiger partial charge in [-0.1, -0.05) is 55.5 Å². The zero-order chi connectivity index (χ0) is 19.0. The van der Waals surface area contributed by atoms with E-state index in [1.807, 2.05) is 18.2 Å². The van der Waals surface area contributed by atoms with E-state index in [4.69, 9.17) is 0 Å². The maximum Gasteiger partial charge on any atom is 0.417 e. The van der Waals surface area contributed by atoms with E-state index in [-0.39, 0.29) is 6.04 Å². The first-order chi connectivity index (χ1) is 12.9. The van der Waals surface area contributed by atoms with Crippen LogP contribution in [0.25, 0.3) is 0 Å². The molecular formula is C22H21F3N2. The normalized spacial score (nSPS) is 21.0. The van der Waals surface area contributed by atoms with E-state index in [0.29, 0.717) is 24.6 Å². The van der Waals surface area contributed by atoms with Crippen LogP contribution in [0.4, 0.5) is 13.2 Å². The summed E-state index contributed by atoms with van der Waals surface area (Å²) in [7, 11) is 0. The lowest BCUT2D eigenvalue weighted by Gasteiger charge is -2.30. The monoisotopic (exact) mass is 370 g/mol. The van der Waals surface area contributed by atoms with Crippen LogP contribution in [0.2, 0.25) is 0 Å². The third-order valence-electron chi connectivity index (χ3n) is 5.25. The third kappa shape index (κ3) is 3.69. The molecule has 5 heteroatoms. The van der Waals surface area contributed by atoms with Crippen LogP contribution in [-0.2, 0) is 19.3 Å². The molecule has 2 heterocycles. The van der Waals surface area contributed by atoms with E-state index in [1.165, 1.54) is 11.6 Å². The first-order valence-corrected chi connectivity index (χ1v) is 9.14. The molecule has 0 saturated carbocycles. The van der Waals surface area contributed by atoms with Crippen LogP contribution < -0.4 is 0 Å². The second-order valence-corrected chi connectivity index (χ2v) is 7.32. The van der Waals surface area contributed by atoms with Crippen molar-refractivity contribution >= 4 is 0 Å². The van der Waals surface area contributed by atoms with Gasteiger partial charge in [0, 0.05) is 19.3 Å². The second kappa shape index (κ2) is 6.97. The molecule has 27 heavy (non-hydrogen) atoms. The van der Waals surface area contributed by atoms with Gasteiger partial charge in [0.1, 0.15) is 0 Å². The number of halogens is 3. The summed E-state index contributed by atoms with van der Waals surface area (Å²) in [5.74, 6) is 0.511. The number of hydrogen-bond acceptors (Lipinski definition) is 2. The molecule has 1 aromatic carbocycles. The van der Waals surface area contributed by atoms with Gasteiger partial charge in [0.25, 0.3) is 0 Å². The Labute approximate surface area is 157 Å². The number of fused-ring (bicyclic) bond motifs is 1. The van der Waals surface area contributed by atoms with Gasteiger partial charge in [-0.3, -0.25) is 9.88 Å². The van der Waals surface area contributed by atoms with Crippen molar-refractivity contribution in [3.05, 3.63) is 88.8 Å². The summed E-state index contributed by atoms with van der Waals surface area (Å²) >= 11 is 0. The third-order valence-corrected chi connectivity index (χ3v) is 5.25. The molecule has 0 radical (unpaired) electrons. The molecule has 1 aliphatic carbocycles. The number of hydrogen-bond donors (Lipinski definition) is 0. The van der Waals surface area contributed by atoms with Crippen molar-refractivity contribution in [2.45, 2.75) is 38.7 Å². The minimum absolute atomic E-state index is 0.0125. The van der Waals surface area contributed by atoms with Gasteiger partial charge >= 0.3 is 6.18 Å². The predicted molar refractivity (Wildman–Crippen MR) is 98.7 cm³/mol. The fourth-order valence-corrected chi connectivity index (χ4v) is 3.82. The molecule has 0 amide bonds. The van der Waals surface area contributed by atoms with E-state index in [2.05, 4.69) is 47.2 Å². The molecule has 140 valence electrons. The smallest absolute Gasteiger partial charge is 0.282 e. The Hall–Kier alpha value is -2.40. The number of allylic oxidation sites excluding steroid dienone is 2. The zero-order valence-corrected chi connectivity index (χ0v) is 15.1. The number of alkyl halides is 3. The lowest BCUT2D eigenvalue weighted by Crippen LogP contribution is -2.25. The molecule has 2 nitrogen and oxygen atoms in total. The van der Waals surface area contributed by atoms with Crippen LogP contribution in [-0.4, -0.2) is 9.88 Å². The van der Waals surface area contributed by atoms with E-state index in [9.17, 15) is 13.2 Å². The van der Waals surface area contributed by atoms with Gasteiger partial charge in [0.2, 0.25) is 0 Å². The molecule has 0 N–H and O–H groups in total. The van der Waals surface area contributed by atoms with Crippen LogP contribution in [0.15, 0.2) is 66.4 Å². The average molecular weight is 370 g/mol. The summed E-state index contributed by atoms with van der Waals surface area (Å²) in [5.41, 5.74) is 3.07. The predicted octanol–water partition coefficient (Wildman–Crippen LogP) is 5.68. The topological polar surface area (TPSA) is 16.1 Å². The standard InChI is InChI=1S/C22H21F3N2/c1-15-7-9-17(10-8-15)21(16-5-3-2-4-6-16)27-13-18-11-19(22(23,24)25)12-26-20(18)14-27/h2-7,9-12,15,21H,8,13-14H2,1H3. The Morgan fingerprint density at radius 1 is 1.15 bits per heavy atom. The Balaban J connectivity index is 1.67. The fraction of sp³-hybridized carbons (Fsp3) is 0.318. The summed E-state index contributed by atoms with van der Waals surface area (Å²) in [6.07, 6.45) is 4.17. The molecule has 4 rings (SSSR count). The van der Waals surface area contributed by atoms with Crippen molar-refractivity contribution in [1.29, 1.82) is 0 Å². The van der Waals surface area contributed by atoms with Crippen molar-refractivity contribution < 1.29 is 13.2 Å². The zero-order valence-electron chi connectivity index (χ0n) is 15.1. The number of benzene rings is 1. The quantitative estimate of drug-likeness (QED) is 0.691. The molecule has 0 spiro atoms. The Bertz CT molecular complexity index is 884. The Kier molecular flexibility index (Phi) is 4.64. The first kappa shape index (κ1) is 18.0. The number of pyridine rings is 1. The maximum absolute atomic E-state index is 13.0. The highest BCUT2D eigenvalue weighted by Crippen LogP contribution is 2.39. The van der Waals surface area contributed by atoms with Crippen molar-refractivity contribution in [2.75, 3.05) is 0 Å². The van der Waals surface area contributed by atoms with Crippen LogP contribution in [0.3, 0.4) is 0 Å². The maximum atomic E-state index is 13.0. The SMILES string of the molecule is CC1C=CC(C(c2ccccc2)N2Cc3cc(C(F)(F)F)cnc3C2)=CC1. The van der Waals surface area contributed by atoms with Gasteiger partial charge in [-0.05, 0) is 35.1 Å². The van der Waals surface area contributed by atoms with Crippen LogP contribution in [0, 0.1) is 5.92 Å². The summed E-state index contributed by atoms with van der Waals surface area (Å²) in [5, 5.41) is 0. The molecule has 2 unspecified atom stereocenters. The summed E-state index contributed by atoms with van der Waals surface area (Å²) in [6, 6.07) is 11.4. The van der Waals surface area contributed by atoms with E-state index < -0.39 is 11.7 Å².